The van der Waals surface area contributed by atoms with E-state index in [-0.39, 0.29) is 29.5 Å². The van der Waals surface area contributed by atoms with Crippen LogP contribution in [0.5, 0.6) is 11.5 Å². The fourth-order valence-electron chi connectivity index (χ4n) is 2.68. The number of amides is 2. The summed E-state index contributed by atoms with van der Waals surface area (Å²) in [6.45, 7) is 0.226. The number of carbonyl (C=O) groups is 2. The van der Waals surface area contributed by atoms with Crippen molar-refractivity contribution < 1.29 is 19.8 Å². The van der Waals surface area contributed by atoms with Crippen molar-refractivity contribution in [1.82, 2.24) is 9.88 Å². The molecule has 9 heteroatoms. The fraction of sp³-hybridized carbons (Fsp3) is 0.150. The molecule has 3 aromatic rings. The van der Waals surface area contributed by atoms with Gasteiger partial charge in [0.25, 0.3) is 11.8 Å². The highest BCUT2D eigenvalue weighted by atomic mass is 79.9. The molecule has 0 spiro atoms. The molecular weight excluding hydrogens is 458 g/mol. The summed E-state index contributed by atoms with van der Waals surface area (Å²) in [6.07, 6.45) is 1.66. The molecule has 1 aromatic heterocycles. The maximum Gasteiger partial charge on any atom is 0.262 e. The first-order chi connectivity index (χ1) is 13.8. The molecule has 2 amide bonds. The summed E-state index contributed by atoms with van der Waals surface area (Å²) in [5.41, 5.74) is 1.11. The van der Waals surface area contributed by atoms with Crippen LogP contribution in [0.25, 0.3) is 0 Å². The molecule has 0 aliphatic heterocycles. The van der Waals surface area contributed by atoms with Gasteiger partial charge in [0, 0.05) is 42.5 Å². The van der Waals surface area contributed by atoms with E-state index in [1.165, 1.54) is 33.3 Å². The quantitative estimate of drug-likeness (QED) is 0.583. The van der Waals surface area contributed by atoms with E-state index >= 15 is 0 Å². The van der Waals surface area contributed by atoms with E-state index < -0.39 is 5.91 Å². The fourth-order valence-corrected chi connectivity index (χ4v) is 4.03. The van der Waals surface area contributed by atoms with Crippen molar-refractivity contribution in [3.8, 4) is 11.5 Å². The van der Waals surface area contributed by atoms with Crippen LogP contribution >= 0.6 is 27.3 Å². The zero-order valence-corrected chi connectivity index (χ0v) is 18.1. The second kappa shape index (κ2) is 8.62. The maximum absolute atomic E-state index is 13.2. The highest BCUT2D eigenvalue weighted by Crippen LogP contribution is 2.29. The van der Waals surface area contributed by atoms with Crippen molar-refractivity contribution in [2.45, 2.75) is 6.54 Å². The van der Waals surface area contributed by atoms with Crippen LogP contribution in [0.3, 0.4) is 0 Å². The highest BCUT2D eigenvalue weighted by Gasteiger charge is 2.22. The second-order valence-electron chi connectivity index (χ2n) is 6.42. The smallest absolute Gasteiger partial charge is 0.262 e. The Hall–Kier alpha value is -2.91. The van der Waals surface area contributed by atoms with Crippen LogP contribution in [-0.2, 0) is 6.54 Å². The van der Waals surface area contributed by atoms with Crippen molar-refractivity contribution in [3.63, 3.8) is 0 Å². The van der Waals surface area contributed by atoms with Crippen LogP contribution in [0, 0.1) is 0 Å². The molecule has 3 rings (SSSR count). The van der Waals surface area contributed by atoms with E-state index in [1.807, 2.05) is 0 Å². The number of benzene rings is 2. The first-order valence-electron chi connectivity index (χ1n) is 8.52. The Balaban J connectivity index is 1.98. The molecule has 0 bridgehead atoms. The Morgan fingerprint density at radius 3 is 2.31 bits per heavy atom. The third-order valence-corrected chi connectivity index (χ3v) is 5.59. The van der Waals surface area contributed by atoms with Crippen molar-refractivity contribution in [1.29, 1.82) is 0 Å². The third kappa shape index (κ3) is 4.75. The molecule has 0 unspecified atom stereocenters. The van der Waals surface area contributed by atoms with Gasteiger partial charge in [-0.25, -0.2) is 4.98 Å². The Morgan fingerprint density at radius 2 is 1.76 bits per heavy atom. The predicted molar refractivity (Wildman–Crippen MR) is 115 cm³/mol. The van der Waals surface area contributed by atoms with Gasteiger partial charge in [-0.05, 0) is 52.3 Å². The SMILES string of the molecule is CN(C)C(=O)c1ccc(N(Cc2cnc(Br)s2)C(=O)c2ccc(O)cc2O)cc1. The molecule has 0 saturated carbocycles. The van der Waals surface area contributed by atoms with Crippen molar-refractivity contribution in [2.24, 2.45) is 0 Å². The lowest BCUT2D eigenvalue weighted by Gasteiger charge is -2.23. The predicted octanol–water partition coefficient (Wildman–Crippen LogP) is 3.87. The molecule has 0 fully saturated rings. The number of hydrogen-bond acceptors (Lipinski definition) is 6. The van der Waals surface area contributed by atoms with Gasteiger partial charge in [0.2, 0.25) is 0 Å². The second-order valence-corrected chi connectivity index (χ2v) is 8.81. The first-order valence-corrected chi connectivity index (χ1v) is 10.1. The number of carbonyl (C=O) groups excluding carboxylic acids is 2. The van der Waals surface area contributed by atoms with E-state index in [1.54, 1.807) is 44.6 Å². The lowest BCUT2D eigenvalue weighted by Crippen LogP contribution is -2.30. The van der Waals surface area contributed by atoms with Gasteiger partial charge in [0.1, 0.15) is 11.5 Å². The average molecular weight is 476 g/mol. The number of rotatable bonds is 5. The molecule has 0 aliphatic rings. The average Bonchev–Trinajstić information content (AvgIpc) is 3.10. The molecule has 0 radical (unpaired) electrons. The van der Waals surface area contributed by atoms with E-state index in [0.717, 1.165) is 10.9 Å². The molecule has 150 valence electrons. The first kappa shape index (κ1) is 20.8. The Bertz CT molecular complexity index is 1050. The Morgan fingerprint density at radius 1 is 1.07 bits per heavy atom. The molecule has 0 aliphatic carbocycles. The van der Waals surface area contributed by atoms with Crippen LogP contribution in [0.15, 0.2) is 52.6 Å². The summed E-state index contributed by atoms with van der Waals surface area (Å²) < 4.78 is 0.694. The van der Waals surface area contributed by atoms with Crippen LogP contribution in [-0.4, -0.2) is 46.0 Å². The van der Waals surface area contributed by atoms with Gasteiger partial charge in [-0.3, -0.25) is 9.59 Å². The van der Waals surface area contributed by atoms with Crippen LogP contribution in [0.2, 0.25) is 0 Å². The molecule has 0 atom stereocenters. The topological polar surface area (TPSA) is 94.0 Å². The van der Waals surface area contributed by atoms with E-state index in [9.17, 15) is 19.8 Å². The largest absolute Gasteiger partial charge is 0.508 e. The lowest BCUT2D eigenvalue weighted by atomic mass is 10.1. The van der Waals surface area contributed by atoms with Gasteiger partial charge in [-0.15, -0.1) is 11.3 Å². The number of halogens is 1. The molecule has 0 saturated heterocycles. The summed E-state index contributed by atoms with van der Waals surface area (Å²) in [5.74, 6) is -1.04. The van der Waals surface area contributed by atoms with Gasteiger partial charge in [-0.1, -0.05) is 0 Å². The van der Waals surface area contributed by atoms with E-state index in [4.69, 9.17) is 0 Å². The minimum atomic E-state index is -0.446. The minimum absolute atomic E-state index is 0.0554. The highest BCUT2D eigenvalue weighted by molar-refractivity contribution is 9.11. The molecule has 1 heterocycles. The number of aromatic hydroxyl groups is 2. The number of phenols is 2. The van der Waals surface area contributed by atoms with E-state index in [0.29, 0.717) is 15.2 Å². The van der Waals surface area contributed by atoms with E-state index in [2.05, 4.69) is 20.9 Å². The van der Waals surface area contributed by atoms with Gasteiger partial charge >= 0.3 is 0 Å². The van der Waals surface area contributed by atoms with Crippen molar-refractivity contribution in [2.75, 3.05) is 19.0 Å². The maximum atomic E-state index is 13.2. The molecule has 2 aromatic carbocycles. The summed E-state index contributed by atoms with van der Waals surface area (Å²) >= 11 is 4.70. The van der Waals surface area contributed by atoms with Gasteiger partial charge < -0.3 is 20.0 Å². The monoisotopic (exact) mass is 475 g/mol. The van der Waals surface area contributed by atoms with Crippen LogP contribution in [0.1, 0.15) is 25.6 Å². The summed E-state index contributed by atoms with van der Waals surface area (Å²) in [5, 5.41) is 19.6. The van der Waals surface area contributed by atoms with Crippen LogP contribution in [0.4, 0.5) is 5.69 Å². The zero-order chi connectivity index (χ0) is 21.1. The lowest BCUT2D eigenvalue weighted by molar-refractivity contribution is 0.0827. The van der Waals surface area contributed by atoms with Gasteiger partial charge in [0.05, 0.1) is 12.1 Å². The number of aromatic nitrogens is 1. The molecular formula is C20H18BrN3O4S. The third-order valence-electron chi connectivity index (χ3n) is 4.13. The van der Waals surface area contributed by atoms with Gasteiger partial charge in [0.15, 0.2) is 3.92 Å². The van der Waals surface area contributed by atoms with Gasteiger partial charge in [-0.2, -0.15) is 0 Å². The van der Waals surface area contributed by atoms with Crippen molar-refractivity contribution in [3.05, 3.63) is 68.6 Å². The number of thiazole rings is 1. The normalized spacial score (nSPS) is 10.6. The number of hydrogen-bond donors (Lipinski definition) is 2. The summed E-state index contributed by atoms with van der Waals surface area (Å²) in [4.78, 5) is 33.3. The molecule has 2 N–H and O–H groups in total. The Kier molecular flexibility index (Phi) is 6.19. The minimum Gasteiger partial charge on any atom is -0.508 e. The zero-order valence-electron chi connectivity index (χ0n) is 15.7. The Labute approximate surface area is 180 Å². The van der Waals surface area contributed by atoms with Crippen LogP contribution < -0.4 is 4.90 Å². The molecule has 29 heavy (non-hydrogen) atoms. The summed E-state index contributed by atoms with van der Waals surface area (Å²) in [7, 11) is 3.34. The standard InChI is InChI=1S/C20H18BrN3O4S/c1-23(2)18(27)12-3-5-13(6-4-12)24(11-15-10-22-20(21)29-15)19(28)16-8-7-14(25)9-17(16)26/h3-10,25-26H,11H2,1-2H3. The number of nitrogens with zero attached hydrogens (tertiary/aromatic N) is 3. The van der Waals surface area contributed by atoms with Crippen molar-refractivity contribution >= 4 is 44.8 Å². The number of phenolic OH excluding ortho intramolecular Hbond substituents is 2. The summed E-state index contributed by atoms with van der Waals surface area (Å²) in [6, 6.07) is 10.5. The molecule has 7 nitrogen and oxygen atoms in total. The number of anilines is 1.